The Hall–Kier alpha value is -1.84. The topological polar surface area (TPSA) is 92.3 Å². The van der Waals surface area contributed by atoms with Gasteiger partial charge in [0.15, 0.2) is 5.69 Å². The molecule has 2 aromatic rings. The predicted molar refractivity (Wildman–Crippen MR) is 91.0 cm³/mol. The van der Waals surface area contributed by atoms with E-state index in [0.29, 0.717) is 31.6 Å². The molecule has 1 fully saturated rings. The first kappa shape index (κ1) is 17.0. The van der Waals surface area contributed by atoms with Gasteiger partial charge in [0.05, 0.1) is 5.75 Å². The number of nitrogens with zero attached hydrogens (tertiary/aromatic N) is 3. The highest BCUT2D eigenvalue weighted by atomic mass is 32.2. The molecule has 128 valence electrons. The van der Waals surface area contributed by atoms with Gasteiger partial charge in [0.1, 0.15) is 0 Å². The number of carbonyl (C=O) groups is 1. The summed E-state index contributed by atoms with van der Waals surface area (Å²) >= 11 is 1.13. The van der Waals surface area contributed by atoms with Gasteiger partial charge in [0.25, 0.3) is 5.91 Å². The second kappa shape index (κ2) is 7.37. The van der Waals surface area contributed by atoms with Crippen LogP contribution < -0.4 is 5.32 Å². The molecule has 7 nitrogen and oxygen atoms in total. The van der Waals surface area contributed by atoms with E-state index in [4.69, 9.17) is 0 Å². The van der Waals surface area contributed by atoms with Crippen LogP contribution in [0.5, 0.6) is 0 Å². The van der Waals surface area contributed by atoms with Crippen molar-refractivity contribution in [3.05, 3.63) is 47.0 Å². The van der Waals surface area contributed by atoms with Gasteiger partial charge in [-0.1, -0.05) is 34.8 Å². The average Bonchev–Trinajstić information content (AvgIpc) is 3.10. The zero-order chi connectivity index (χ0) is 17.0. The number of rotatable bonds is 5. The van der Waals surface area contributed by atoms with Gasteiger partial charge < -0.3 is 5.32 Å². The molecule has 2 heterocycles. The van der Waals surface area contributed by atoms with Crippen molar-refractivity contribution in [3.63, 3.8) is 0 Å². The summed E-state index contributed by atoms with van der Waals surface area (Å²) in [6.45, 7) is 0.824. The summed E-state index contributed by atoms with van der Waals surface area (Å²) in [6.07, 6.45) is 1.19. The summed E-state index contributed by atoms with van der Waals surface area (Å²) in [5.74, 6) is -0.246. The Bertz CT molecular complexity index is 770. The molecule has 0 aliphatic carbocycles. The number of hydrogen-bond acceptors (Lipinski definition) is 6. The zero-order valence-electron chi connectivity index (χ0n) is 13.0. The third-order valence-electron chi connectivity index (χ3n) is 3.97. The lowest BCUT2D eigenvalue weighted by atomic mass is 10.1. The first-order valence-corrected chi connectivity index (χ1v) is 10.1. The maximum atomic E-state index is 12.5. The van der Waals surface area contributed by atoms with Crippen LogP contribution in [0.2, 0.25) is 0 Å². The number of aromatic nitrogens is 2. The Morgan fingerprint density at radius 1 is 1.25 bits per heavy atom. The normalized spacial score (nSPS) is 16.8. The summed E-state index contributed by atoms with van der Waals surface area (Å²) in [6, 6.07) is 9.11. The van der Waals surface area contributed by atoms with Gasteiger partial charge in [-0.2, -0.15) is 0 Å². The van der Waals surface area contributed by atoms with Crippen molar-refractivity contribution in [1.29, 1.82) is 0 Å². The minimum absolute atomic E-state index is 0.00928. The number of nitrogens with one attached hydrogen (secondary N) is 1. The minimum atomic E-state index is -3.33. The molecular formula is C15H18N4O3S2. The van der Waals surface area contributed by atoms with Crippen LogP contribution in [0.1, 0.15) is 28.9 Å². The van der Waals surface area contributed by atoms with Gasteiger partial charge in [-0.25, -0.2) is 12.7 Å². The van der Waals surface area contributed by atoms with Gasteiger partial charge in [-0.3, -0.25) is 4.79 Å². The predicted octanol–water partition coefficient (Wildman–Crippen LogP) is 1.26. The van der Waals surface area contributed by atoms with E-state index in [1.54, 1.807) is 5.38 Å². The molecule has 1 aromatic heterocycles. The second-order valence-corrected chi connectivity index (χ2v) is 8.26. The number of amides is 1. The molecule has 1 amide bonds. The van der Waals surface area contributed by atoms with Crippen LogP contribution in [0, 0.1) is 0 Å². The minimum Gasteiger partial charge on any atom is -0.348 e. The van der Waals surface area contributed by atoms with Crippen LogP contribution in [-0.4, -0.2) is 47.3 Å². The lowest BCUT2D eigenvalue weighted by Gasteiger charge is -2.31. The van der Waals surface area contributed by atoms with Crippen molar-refractivity contribution < 1.29 is 13.2 Å². The Morgan fingerprint density at radius 3 is 2.58 bits per heavy atom. The Morgan fingerprint density at radius 2 is 1.96 bits per heavy atom. The number of hydrogen-bond donors (Lipinski definition) is 1. The zero-order valence-corrected chi connectivity index (χ0v) is 14.6. The fourth-order valence-electron chi connectivity index (χ4n) is 2.68. The SMILES string of the molecule is O=C(NC1CCN(S(=O)(=O)Cc2ccccc2)CC1)c1csnn1. The number of sulfonamides is 1. The Labute approximate surface area is 144 Å². The van der Waals surface area contributed by atoms with Gasteiger partial charge in [0.2, 0.25) is 10.0 Å². The van der Waals surface area contributed by atoms with Gasteiger partial charge in [0, 0.05) is 24.5 Å². The van der Waals surface area contributed by atoms with E-state index < -0.39 is 10.0 Å². The third-order valence-corrected chi connectivity index (χ3v) is 6.32. The number of carbonyl (C=O) groups excluding carboxylic acids is 1. The molecule has 1 aliphatic rings. The van der Waals surface area contributed by atoms with Gasteiger partial charge in [-0.05, 0) is 29.9 Å². The summed E-state index contributed by atoms with van der Waals surface area (Å²) in [5, 5.41) is 8.21. The first-order valence-electron chi connectivity index (χ1n) is 7.64. The van der Waals surface area contributed by atoms with Crippen LogP contribution >= 0.6 is 11.5 Å². The molecule has 24 heavy (non-hydrogen) atoms. The molecule has 9 heteroatoms. The lowest BCUT2D eigenvalue weighted by molar-refractivity contribution is 0.0918. The maximum Gasteiger partial charge on any atom is 0.272 e. The van der Waals surface area contributed by atoms with Gasteiger partial charge in [-0.15, -0.1) is 5.10 Å². The van der Waals surface area contributed by atoms with Crippen molar-refractivity contribution in [2.75, 3.05) is 13.1 Å². The van der Waals surface area contributed by atoms with E-state index in [1.165, 1.54) is 4.31 Å². The van der Waals surface area contributed by atoms with Crippen molar-refractivity contribution in [3.8, 4) is 0 Å². The molecule has 0 spiro atoms. The maximum absolute atomic E-state index is 12.5. The summed E-state index contributed by atoms with van der Waals surface area (Å²) in [5.41, 5.74) is 1.09. The molecule has 0 bridgehead atoms. The van der Waals surface area contributed by atoms with Crippen molar-refractivity contribution in [1.82, 2.24) is 19.2 Å². The van der Waals surface area contributed by atoms with E-state index in [0.717, 1.165) is 17.1 Å². The monoisotopic (exact) mass is 366 g/mol. The summed E-state index contributed by atoms with van der Waals surface area (Å²) < 4.78 is 30.2. The highest BCUT2D eigenvalue weighted by Gasteiger charge is 2.29. The Balaban J connectivity index is 1.53. The molecule has 3 rings (SSSR count). The van der Waals surface area contributed by atoms with Crippen molar-refractivity contribution >= 4 is 27.5 Å². The molecule has 0 radical (unpaired) electrons. The van der Waals surface area contributed by atoms with Crippen LogP contribution in [-0.2, 0) is 15.8 Å². The second-order valence-electron chi connectivity index (χ2n) is 5.68. The fraction of sp³-hybridized carbons (Fsp3) is 0.400. The highest BCUT2D eigenvalue weighted by molar-refractivity contribution is 7.88. The summed E-state index contributed by atoms with van der Waals surface area (Å²) in [4.78, 5) is 12.0. The van der Waals surface area contributed by atoms with Crippen molar-refractivity contribution in [2.24, 2.45) is 0 Å². The van der Waals surface area contributed by atoms with Gasteiger partial charge >= 0.3 is 0 Å². The molecule has 1 saturated heterocycles. The van der Waals surface area contributed by atoms with Crippen LogP contribution in [0.15, 0.2) is 35.7 Å². The van der Waals surface area contributed by atoms with E-state index >= 15 is 0 Å². The third kappa shape index (κ3) is 4.16. The fourth-order valence-corrected chi connectivity index (χ4v) is 4.68. The Kier molecular flexibility index (Phi) is 5.22. The van der Waals surface area contributed by atoms with E-state index in [-0.39, 0.29) is 17.7 Å². The quantitative estimate of drug-likeness (QED) is 0.860. The smallest absolute Gasteiger partial charge is 0.272 e. The molecule has 1 N–H and O–H groups in total. The van der Waals surface area contributed by atoms with E-state index in [1.807, 2.05) is 30.3 Å². The number of piperidine rings is 1. The average molecular weight is 366 g/mol. The molecule has 0 atom stereocenters. The van der Waals surface area contributed by atoms with Crippen LogP contribution in [0.3, 0.4) is 0 Å². The van der Waals surface area contributed by atoms with E-state index in [9.17, 15) is 13.2 Å². The highest BCUT2D eigenvalue weighted by Crippen LogP contribution is 2.18. The molecular weight excluding hydrogens is 348 g/mol. The van der Waals surface area contributed by atoms with Crippen LogP contribution in [0.25, 0.3) is 0 Å². The number of benzene rings is 1. The summed E-state index contributed by atoms with van der Waals surface area (Å²) in [7, 11) is -3.33. The van der Waals surface area contributed by atoms with E-state index in [2.05, 4.69) is 14.9 Å². The molecule has 1 aliphatic heterocycles. The van der Waals surface area contributed by atoms with Crippen molar-refractivity contribution in [2.45, 2.75) is 24.6 Å². The largest absolute Gasteiger partial charge is 0.348 e. The lowest BCUT2D eigenvalue weighted by Crippen LogP contribution is -2.46. The standard InChI is InChI=1S/C15H18N4O3S2/c20-15(14-10-23-18-17-14)16-13-6-8-19(9-7-13)24(21,22)11-12-4-2-1-3-5-12/h1-5,10,13H,6-9,11H2,(H,16,20). The van der Waals surface area contributed by atoms with Crippen LogP contribution in [0.4, 0.5) is 0 Å². The first-order chi connectivity index (χ1) is 11.5. The molecule has 0 saturated carbocycles. The molecule has 0 unspecified atom stereocenters. The molecule has 1 aromatic carbocycles.